The van der Waals surface area contributed by atoms with Gasteiger partial charge in [-0.05, 0) is 37.3 Å². The van der Waals surface area contributed by atoms with Crippen LogP contribution in [0.2, 0.25) is 0 Å². The molecule has 0 radical (unpaired) electrons. The molecule has 1 aliphatic rings. The number of aromatic nitrogens is 1. The molecule has 6 heteroatoms. The molecule has 0 amide bonds. The van der Waals surface area contributed by atoms with Crippen LogP contribution in [0.15, 0.2) is 53.7 Å². The number of hydrogen-bond donors (Lipinski definition) is 2. The number of likely N-dealkylation sites (tertiary alicyclic amines) is 1. The third-order valence-corrected chi connectivity index (χ3v) is 5.52. The molecule has 1 fully saturated rings. The smallest absolute Gasteiger partial charge is 0.213 e. The molecule has 1 aliphatic heterocycles. The lowest BCUT2D eigenvalue weighted by Gasteiger charge is -2.38. The molecule has 2 atom stereocenters. The van der Waals surface area contributed by atoms with Crippen LogP contribution in [-0.4, -0.2) is 48.1 Å². The van der Waals surface area contributed by atoms with Crippen molar-refractivity contribution in [1.82, 2.24) is 20.5 Å². The molecule has 30 heavy (non-hydrogen) atoms. The van der Waals surface area contributed by atoms with Crippen LogP contribution in [0.1, 0.15) is 44.2 Å². The molecule has 3 rings (SSSR count). The molecule has 6 nitrogen and oxygen atoms in total. The third kappa shape index (κ3) is 6.73. The number of guanidine groups is 1. The van der Waals surface area contributed by atoms with E-state index < -0.39 is 0 Å². The van der Waals surface area contributed by atoms with Gasteiger partial charge in [0.05, 0.1) is 6.61 Å². The summed E-state index contributed by atoms with van der Waals surface area (Å²) in [7, 11) is 1.82. The van der Waals surface area contributed by atoms with E-state index >= 15 is 0 Å². The van der Waals surface area contributed by atoms with Gasteiger partial charge in [0, 0.05) is 51.0 Å². The van der Waals surface area contributed by atoms with Crippen molar-refractivity contribution in [3.63, 3.8) is 0 Å². The zero-order valence-electron chi connectivity index (χ0n) is 18.5. The fourth-order valence-corrected chi connectivity index (χ4v) is 3.79. The Labute approximate surface area is 180 Å². The van der Waals surface area contributed by atoms with Gasteiger partial charge in [0.1, 0.15) is 0 Å². The largest absolute Gasteiger partial charge is 0.478 e. The average molecular weight is 410 g/mol. The van der Waals surface area contributed by atoms with E-state index in [9.17, 15) is 0 Å². The highest BCUT2D eigenvalue weighted by atomic mass is 16.5. The summed E-state index contributed by atoms with van der Waals surface area (Å²) in [5.74, 6) is 1.52. The van der Waals surface area contributed by atoms with Crippen LogP contribution in [0.3, 0.4) is 0 Å². The number of rotatable bonds is 8. The number of ether oxygens (including phenoxy) is 1. The van der Waals surface area contributed by atoms with E-state index in [1.54, 1.807) is 0 Å². The van der Waals surface area contributed by atoms with Crippen molar-refractivity contribution < 1.29 is 4.74 Å². The van der Waals surface area contributed by atoms with Crippen LogP contribution in [0.4, 0.5) is 0 Å². The lowest BCUT2D eigenvalue weighted by atomic mass is 9.97. The second-order valence-corrected chi connectivity index (χ2v) is 7.95. The lowest BCUT2D eigenvalue weighted by molar-refractivity contribution is 0.134. The van der Waals surface area contributed by atoms with Crippen LogP contribution in [0, 0.1) is 0 Å². The molecular weight excluding hydrogens is 374 g/mol. The summed E-state index contributed by atoms with van der Waals surface area (Å²) in [5, 5.41) is 7.00. The molecule has 0 saturated carbocycles. The first kappa shape index (κ1) is 22.1. The topological polar surface area (TPSA) is 61.8 Å². The molecule has 0 aliphatic carbocycles. The van der Waals surface area contributed by atoms with E-state index in [4.69, 9.17) is 4.74 Å². The van der Waals surface area contributed by atoms with Gasteiger partial charge < -0.3 is 15.4 Å². The molecule has 1 aromatic heterocycles. The molecule has 2 unspecified atom stereocenters. The Bertz CT molecular complexity index is 778. The van der Waals surface area contributed by atoms with Crippen molar-refractivity contribution in [1.29, 1.82) is 0 Å². The Morgan fingerprint density at radius 1 is 1.20 bits per heavy atom. The summed E-state index contributed by atoms with van der Waals surface area (Å²) in [6, 6.07) is 15.7. The van der Waals surface area contributed by atoms with E-state index in [0.29, 0.717) is 31.1 Å². The molecule has 2 N–H and O–H groups in total. The van der Waals surface area contributed by atoms with E-state index in [-0.39, 0.29) is 0 Å². The van der Waals surface area contributed by atoms with Gasteiger partial charge in [-0.1, -0.05) is 43.3 Å². The number of piperidine rings is 1. The fraction of sp³-hybridized carbons (Fsp3) is 0.500. The molecular formula is C24H35N5O. The number of nitrogens with zero attached hydrogens (tertiary/aromatic N) is 3. The standard InChI is InChI=1S/C24H35N5O/c1-4-14-30-23-11-10-21(16-26-23)17-27-24(25-3)28-22-12-13-29(19(2)15-22)18-20-8-6-5-7-9-20/h5-11,16,19,22H,4,12-15,17-18H2,1-3H3,(H2,25,27,28). The first-order valence-corrected chi connectivity index (χ1v) is 11.0. The number of aliphatic imine (C=N–C) groups is 1. The van der Waals surface area contributed by atoms with Crippen molar-refractivity contribution >= 4 is 5.96 Å². The Balaban J connectivity index is 1.43. The maximum atomic E-state index is 5.54. The third-order valence-electron chi connectivity index (χ3n) is 5.52. The predicted molar refractivity (Wildman–Crippen MR) is 123 cm³/mol. The van der Waals surface area contributed by atoms with Crippen molar-refractivity contribution in [3.8, 4) is 5.88 Å². The van der Waals surface area contributed by atoms with Crippen molar-refractivity contribution in [2.24, 2.45) is 4.99 Å². The molecule has 1 aromatic carbocycles. The minimum absolute atomic E-state index is 0.432. The molecule has 2 heterocycles. The highest BCUT2D eigenvalue weighted by molar-refractivity contribution is 5.79. The maximum absolute atomic E-state index is 5.54. The van der Waals surface area contributed by atoms with Gasteiger partial charge in [0.2, 0.25) is 5.88 Å². The first-order chi connectivity index (χ1) is 14.7. The molecule has 162 valence electrons. The van der Waals surface area contributed by atoms with E-state index in [0.717, 1.165) is 43.9 Å². The first-order valence-electron chi connectivity index (χ1n) is 11.0. The Morgan fingerprint density at radius 2 is 2.03 bits per heavy atom. The second kappa shape index (κ2) is 11.6. The summed E-state index contributed by atoms with van der Waals surface area (Å²) >= 11 is 0. The van der Waals surface area contributed by atoms with Crippen LogP contribution in [-0.2, 0) is 13.1 Å². The van der Waals surface area contributed by atoms with Crippen molar-refractivity contribution in [3.05, 3.63) is 59.8 Å². The van der Waals surface area contributed by atoms with Gasteiger partial charge in [0.15, 0.2) is 5.96 Å². The Morgan fingerprint density at radius 3 is 2.70 bits per heavy atom. The van der Waals surface area contributed by atoms with Gasteiger partial charge in [-0.2, -0.15) is 0 Å². The monoisotopic (exact) mass is 409 g/mol. The summed E-state index contributed by atoms with van der Waals surface area (Å²) in [6.07, 6.45) is 5.06. The highest BCUT2D eigenvalue weighted by Crippen LogP contribution is 2.20. The van der Waals surface area contributed by atoms with Gasteiger partial charge in [-0.3, -0.25) is 9.89 Å². The zero-order valence-corrected chi connectivity index (χ0v) is 18.5. The number of pyridine rings is 1. The van der Waals surface area contributed by atoms with Gasteiger partial charge in [0.25, 0.3) is 0 Å². The van der Waals surface area contributed by atoms with E-state index in [2.05, 4.69) is 69.7 Å². The quantitative estimate of drug-likeness (QED) is 0.515. The molecule has 1 saturated heterocycles. The van der Waals surface area contributed by atoms with Crippen molar-refractivity contribution in [2.45, 2.75) is 58.3 Å². The number of hydrogen-bond acceptors (Lipinski definition) is 4. The van der Waals surface area contributed by atoms with Gasteiger partial charge in [-0.15, -0.1) is 0 Å². The Kier molecular flexibility index (Phi) is 8.51. The van der Waals surface area contributed by atoms with Crippen LogP contribution >= 0.6 is 0 Å². The van der Waals surface area contributed by atoms with Crippen LogP contribution in [0.5, 0.6) is 5.88 Å². The summed E-state index contributed by atoms with van der Waals surface area (Å²) < 4.78 is 5.54. The molecule has 0 spiro atoms. The fourth-order valence-electron chi connectivity index (χ4n) is 3.79. The summed E-state index contributed by atoms with van der Waals surface area (Å²) in [4.78, 5) is 11.3. The average Bonchev–Trinajstić information content (AvgIpc) is 2.78. The number of nitrogens with one attached hydrogen (secondary N) is 2. The van der Waals surface area contributed by atoms with Crippen molar-refractivity contribution in [2.75, 3.05) is 20.2 Å². The second-order valence-electron chi connectivity index (χ2n) is 7.95. The van der Waals surface area contributed by atoms with Gasteiger partial charge >= 0.3 is 0 Å². The minimum atomic E-state index is 0.432. The minimum Gasteiger partial charge on any atom is -0.478 e. The normalized spacial score (nSPS) is 20.0. The molecule has 0 bridgehead atoms. The summed E-state index contributed by atoms with van der Waals surface area (Å²) in [5.41, 5.74) is 2.49. The molecule has 2 aromatic rings. The lowest BCUT2D eigenvalue weighted by Crippen LogP contribution is -2.51. The predicted octanol–water partition coefficient (Wildman–Crippen LogP) is 3.59. The number of benzene rings is 1. The van der Waals surface area contributed by atoms with E-state index in [1.165, 1.54) is 5.56 Å². The zero-order chi connectivity index (χ0) is 21.2. The maximum Gasteiger partial charge on any atom is 0.213 e. The van der Waals surface area contributed by atoms with Gasteiger partial charge in [-0.25, -0.2) is 4.98 Å². The SMILES string of the molecule is CCCOc1ccc(CNC(=NC)NC2CCN(Cc3ccccc3)C(C)C2)cn1. The van der Waals surface area contributed by atoms with E-state index in [1.807, 2.05) is 25.4 Å². The summed E-state index contributed by atoms with van der Waals surface area (Å²) in [6.45, 7) is 7.90. The van der Waals surface area contributed by atoms with Crippen LogP contribution < -0.4 is 15.4 Å². The van der Waals surface area contributed by atoms with Crippen LogP contribution in [0.25, 0.3) is 0 Å². The Hall–Kier alpha value is -2.60. The highest BCUT2D eigenvalue weighted by Gasteiger charge is 2.25.